The average molecular weight is 332 g/mol. The van der Waals surface area contributed by atoms with E-state index >= 15 is 0 Å². The summed E-state index contributed by atoms with van der Waals surface area (Å²) in [4.78, 5) is 28.7. The van der Waals surface area contributed by atoms with Crippen LogP contribution in [0.2, 0.25) is 0 Å². The summed E-state index contributed by atoms with van der Waals surface area (Å²) >= 11 is 0. The fraction of sp³-hybridized carbons (Fsp3) is 0.667. The first-order valence-electron chi connectivity index (χ1n) is 9.03. The number of carbonyl (C=O) groups excluding carboxylic acids is 2. The third-order valence-corrected chi connectivity index (χ3v) is 5.38. The topological polar surface area (TPSA) is 57.6 Å². The third kappa shape index (κ3) is 3.57. The highest BCUT2D eigenvalue weighted by molar-refractivity contribution is 5.93. The van der Waals surface area contributed by atoms with Crippen molar-refractivity contribution in [2.45, 2.75) is 45.1 Å². The maximum atomic E-state index is 12.6. The predicted octanol–water partition coefficient (Wildman–Crippen LogP) is 2.13. The number of nitrogens with zero attached hydrogens (tertiary/aromatic N) is 3. The molecule has 2 heterocycles. The lowest BCUT2D eigenvalue weighted by atomic mass is 9.96. The fourth-order valence-corrected chi connectivity index (χ4v) is 3.62. The zero-order valence-corrected chi connectivity index (χ0v) is 14.8. The Morgan fingerprint density at radius 1 is 1.00 bits per heavy atom. The number of amides is 3. The van der Waals surface area contributed by atoms with Crippen LogP contribution in [0.1, 0.15) is 48.3 Å². The first-order chi connectivity index (χ1) is 11.6. The van der Waals surface area contributed by atoms with Gasteiger partial charge in [-0.15, -0.1) is 0 Å². The highest BCUT2D eigenvalue weighted by Crippen LogP contribution is 2.18. The summed E-state index contributed by atoms with van der Waals surface area (Å²) in [5.74, 6) is 0.0536. The van der Waals surface area contributed by atoms with Gasteiger partial charge in [0, 0.05) is 45.0 Å². The SMILES string of the molecule is Cc1ccc(C(=O)N2CCN(C(=O)NC3CCCCC3)CC2)n1C. The molecular weight excluding hydrogens is 304 g/mol. The molecule has 0 bridgehead atoms. The molecule has 0 atom stereocenters. The first-order valence-corrected chi connectivity index (χ1v) is 9.03. The minimum atomic E-state index is 0.0312. The van der Waals surface area contributed by atoms with Gasteiger partial charge >= 0.3 is 6.03 Å². The molecule has 1 aromatic heterocycles. The van der Waals surface area contributed by atoms with Gasteiger partial charge in [0.2, 0.25) is 0 Å². The molecule has 1 aliphatic carbocycles. The molecule has 2 fully saturated rings. The lowest BCUT2D eigenvalue weighted by Crippen LogP contribution is -2.54. The van der Waals surface area contributed by atoms with E-state index < -0.39 is 0 Å². The van der Waals surface area contributed by atoms with E-state index in [9.17, 15) is 9.59 Å². The molecular formula is C18H28N4O2. The van der Waals surface area contributed by atoms with Gasteiger partial charge in [-0.05, 0) is 31.9 Å². The summed E-state index contributed by atoms with van der Waals surface area (Å²) in [5, 5.41) is 3.16. The lowest BCUT2D eigenvalue weighted by Gasteiger charge is -2.36. The number of aryl methyl sites for hydroxylation is 1. The first kappa shape index (κ1) is 16.9. The van der Waals surface area contributed by atoms with E-state index in [1.807, 2.05) is 40.5 Å². The fourth-order valence-electron chi connectivity index (χ4n) is 3.62. The van der Waals surface area contributed by atoms with Crippen molar-refractivity contribution < 1.29 is 9.59 Å². The highest BCUT2D eigenvalue weighted by Gasteiger charge is 2.27. The van der Waals surface area contributed by atoms with Crippen molar-refractivity contribution in [1.29, 1.82) is 0 Å². The number of hydrogen-bond acceptors (Lipinski definition) is 2. The van der Waals surface area contributed by atoms with Crippen LogP contribution in [0.4, 0.5) is 4.79 Å². The second-order valence-electron chi connectivity index (χ2n) is 6.98. The van der Waals surface area contributed by atoms with Crippen LogP contribution >= 0.6 is 0 Å². The predicted molar refractivity (Wildman–Crippen MR) is 93.0 cm³/mol. The number of urea groups is 1. The minimum absolute atomic E-state index is 0.0312. The van der Waals surface area contributed by atoms with E-state index in [1.54, 1.807) is 0 Å². The Bertz CT molecular complexity index is 596. The van der Waals surface area contributed by atoms with E-state index in [1.165, 1.54) is 19.3 Å². The molecule has 3 rings (SSSR count). The molecule has 1 aromatic rings. The van der Waals surface area contributed by atoms with E-state index in [4.69, 9.17) is 0 Å². The van der Waals surface area contributed by atoms with Crippen LogP contribution in [0.3, 0.4) is 0 Å². The number of carbonyl (C=O) groups is 2. The largest absolute Gasteiger partial charge is 0.344 e. The number of hydrogen-bond donors (Lipinski definition) is 1. The summed E-state index contributed by atoms with van der Waals surface area (Å²) in [6, 6.07) is 4.20. The van der Waals surface area contributed by atoms with Crippen molar-refractivity contribution >= 4 is 11.9 Å². The van der Waals surface area contributed by atoms with Gasteiger partial charge in [-0.2, -0.15) is 0 Å². The van der Waals surface area contributed by atoms with Gasteiger partial charge in [-0.3, -0.25) is 4.79 Å². The van der Waals surface area contributed by atoms with E-state index in [0.29, 0.717) is 37.9 Å². The summed E-state index contributed by atoms with van der Waals surface area (Å²) in [6.45, 7) is 4.40. The van der Waals surface area contributed by atoms with Gasteiger partial charge < -0.3 is 19.7 Å². The van der Waals surface area contributed by atoms with Gasteiger partial charge in [0.05, 0.1) is 0 Å². The van der Waals surface area contributed by atoms with Crippen LogP contribution in [0.15, 0.2) is 12.1 Å². The zero-order valence-electron chi connectivity index (χ0n) is 14.8. The van der Waals surface area contributed by atoms with Crippen LogP contribution < -0.4 is 5.32 Å². The lowest BCUT2D eigenvalue weighted by molar-refractivity contribution is 0.0653. The smallest absolute Gasteiger partial charge is 0.317 e. The third-order valence-electron chi connectivity index (χ3n) is 5.38. The van der Waals surface area contributed by atoms with Crippen LogP contribution in [0, 0.1) is 6.92 Å². The van der Waals surface area contributed by atoms with Crippen molar-refractivity contribution in [1.82, 2.24) is 19.7 Å². The molecule has 0 radical (unpaired) electrons. The summed E-state index contributed by atoms with van der Waals surface area (Å²) < 4.78 is 1.92. The molecule has 1 N–H and O–H groups in total. The molecule has 6 heteroatoms. The van der Waals surface area contributed by atoms with Crippen molar-refractivity contribution in [3.63, 3.8) is 0 Å². The monoisotopic (exact) mass is 332 g/mol. The van der Waals surface area contributed by atoms with E-state index in [0.717, 1.165) is 18.5 Å². The quantitative estimate of drug-likeness (QED) is 0.902. The van der Waals surface area contributed by atoms with E-state index in [2.05, 4.69) is 5.32 Å². The second kappa shape index (κ2) is 7.28. The maximum Gasteiger partial charge on any atom is 0.317 e. The van der Waals surface area contributed by atoms with Gasteiger partial charge in [-0.1, -0.05) is 19.3 Å². The number of rotatable bonds is 2. The van der Waals surface area contributed by atoms with Crippen molar-refractivity contribution in [2.24, 2.45) is 7.05 Å². The molecule has 1 saturated carbocycles. The molecule has 1 saturated heterocycles. The number of aromatic nitrogens is 1. The van der Waals surface area contributed by atoms with Gasteiger partial charge in [-0.25, -0.2) is 4.79 Å². The van der Waals surface area contributed by atoms with Crippen molar-refractivity contribution in [2.75, 3.05) is 26.2 Å². The summed E-state index contributed by atoms with van der Waals surface area (Å²) in [5.41, 5.74) is 1.79. The molecule has 1 aliphatic heterocycles. The minimum Gasteiger partial charge on any atom is -0.344 e. The van der Waals surface area contributed by atoms with E-state index in [-0.39, 0.29) is 11.9 Å². The second-order valence-corrected chi connectivity index (χ2v) is 6.98. The molecule has 24 heavy (non-hydrogen) atoms. The average Bonchev–Trinajstić information content (AvgIpc) is 2.94. The number of piperazine rings is 1. The molecule has 3 amide bonds. The highest BCUT2D eigenvalue weighted by atomic mass is 16.2. The Hall–Kier alpha value is -1.98. The van der Waals surface area contributed by atoms with Crippen LogP contribution in [-0.2, 0) is 7.05 Å². The standard InChI is InChI=1S/C18H28N4O2/c1-14-8-9-16(20(14)2)17(23)21-10-12-22(13-11-21)18(24)19-15-6-4-3-5-7-15/h8-9,15H,3-7,10-13H2,1-2H3,(H,19,24). The Labute approximate surface area is 143 Å². The van der Waals surface area contributed by atoms with Gasteiger partial charge in [0.15, 0.2) is 0 Å². The summed E-state index contributed by atoms with van der Waals surface area (Å²) in [7, 11) is 1.91. The van der Waals surface area contributed by atoms with Gasteiger partial charge in [0.25, 0.3) is 5.91 Å². The molecule has 0 unspecified atom stereocenters. The van der Waals surface area contributed by atoms with Gasteiger partial charge in [0.1, 0.15) is 5.69 Å². The number of nitrogens with one attached hydrogen (secondary N) is 1. The van der Waals surface area contributed by atoms with Crippen LogP contribution in [0.25, 0.3) is 0 Å². The summed E-state index contributed by atoms with van der Waals surface area (Å²) in [6.07, 6.45) is 5.90. The molecule has 2 aliphatic rings. The normalized spacial score (nSPS) is 19.4. The molecule has 0 spiro atoms. The Morgan fingerprint density at radius 3 is 2.21 bits per heavy atom. The Balaban J connectivity index is 1.50. The molecule has 6 nitrogen and oxygen atoms in total. The van der Waals surface area contributed by atoms with Crippen LogP contribution in [-0.4, -0.2) is 58.5 Å². The van der Waals surface area contributed by atoms with Crippen molar-refractivity contribution in [3.8, 4) is 0 Å². The van der Waals surface area contributed by atoms with Crippen molar-refractivity contribution in [3.05, 3.63) is 23.5 Å². The Morgan fingerprint density at radius 2 is 1.62 bits per heavy atom. The van der Waals surface area contributed by atoms with Crippen LogP contribution in [0.5, 0.6) is 0 Å². The molecule has 132 valence electrons. The zero-order chi connectivity index (χ0) is 17.1. The Kier molecular flexibility index (Phi) is 5.11. The molecule has 0 aromatic carbocycles. The maximum absolute atomic E-state index is 12.6.